The van der Waals surface area contributed by atoms with Crippen LogP contribution in [0, 0.1) is 17.0 Å². The molecule has 0 unspecified atom stereocenters. The fourth-order valence-corrected chi connectivity index (χ4v) is 3.80. The summed E-state index contributed by atoms with van der Waals surface area (Å²) in [6.07, 6.45) is 7.22. The van der Waals surface area contributed by atoms with Gasteiger partial charge in [-0.2, -0.15) is 0 Å². The van der Waals surface area contributed by atoms with Crippen molar-refractivity contribution in [3.05, 3.63) is 74.9 Å². The Bertz CT molecular complexity index is 1100. The van der Waals surface area contributed by atoms with E-state index in [1.54, 1.807) is 22.0 Å². The van der Waals surface area contributed by atoms with Crippen molar-refractivity contribution in [2.45, 2.75) is 6.92 Å². The van der Waals surface area contributed by atoms with E-state index in [9.17, 15) is 19.7 Å². The zero-order valence-corrected chi connectivity index (χ0v) is 16.7. The van der Waals surface area contributed by atoms with E-state index in [4.69, 9.17) is 0 Å². The minimum atomic E-state index is -0.514. The quantitative estimate of drug-likeness (QED) is 0.334. The number of aryl methyl sites for hydroxylation is 2. The molecule has 2 aliphatic rings. The highest BCUT2D eigenvalue weighted by Crippen LogP contribution is 2.27. The van der Waals surface area contributed by atoms with Crippen LogP contribution in [0.4, 0.5) is 5.69 Å². The van der Waals surface area contributed by atoms with Crippen molar-refractivity contribution in [2.24, 2.45) is 7.05 Å². The van der Waals surface area contributed by atoms with Crippen molar-refractivity contribution in [1.29, 1.82) is 0 Å². The first-order chi connectivity index (χ1) is 14.3. The molecule has 0 spiro atoms. The van der Waals surface area contributed by atoms with Gasteiger partial charge >= 0.3 is 0 Å². The van der Waals surface area contributed by atoms with E-state index in [2.05, 4.69) is 4.98 Å². The molecule has 0 bridgehead atoms. The Labute approximate surface area is 173 Å². The van der Waals surface area contributed by atoms with Gasteiger partial charge in [-0.25, -0.2) is 4.98 Å². The molecule has 2 amide bonds. The van der Waals surface area contributed by atoms with Gasteiger partial charge < -0.3 is 14.4 Å². The van der Waals surface area contributed by atoms with Gasteiger partial charge in [0.25, 0.3) is 11.6 Å². The fraction of sp³-hybridized carbons (Fsp3) is 0.286. The number of rotatable bonds is 4. The monoisotopic (exact) mass is 407 g/mol. The van der Waals surface area contributed by atoms with E-state index in [1.807, 2.05) is 30.1 Å². The average molecular weight is 407 g/mol. The minimum Gasteiger partial charge on any atom is -0.357 e. The molecule has 0 aliphatic carbocycles. The summed E-state index contributed by atoms with van der Waals surface area (Å²) in [7, 11) is 1.93. The number of nitrogens with zero attached hydrogens (tertiary/aromatic N) is 5. The third kappa shape index (κ3) is 3.73. The first kappa shape index (κ1) is 19.6. The van der Waals surface area contributed by atoms with E-state index in [0.29, 0.717) is 26.2 Å². The lowest BCUT2D eigenvalue weighted by Crippen LogP contribution is -2.36. The van der Waals surface area contributed by atoms with Crippen molar-refractivity contribution in [2.75, 3.05) is 26.2 Å². The molecule has 0 fully saturated rings. The molecule has 9 heteroatoms. The highest BCUT2D eigenvalue weighted by atomic mass is 16.6. The summed E-state index contributed by atoms with van der Waals surface area (Å²) in [6.45, 7) is 3.41. The predicted octanol–water partition coefficient (Wildman–Crippen LogP) is 1.94. The van der Waals surface area contributed by atoms with Crippen LogP contribution in [0.1, 0.15) is 21.7 Å². The number of nitro groups is 1. The number of hydrogen-bond acceptors (Lipinski definition) is 5. The largest absolute Gasteiger partial charge is 0.357 e. The summed E-state index contributed by atoms with van der Waals surface area (Å²) >= 11 is 0. The Hall–Kier alpha value is -3.75. The van der Waals surface area contributed by atoms with Gasteiger partial charge in [0.2, 0.25) is 5.91 Å². The first-order valence-corrected chi connectivity index (χ1v) is 9.52. The van der Waals surface area contributed by atoms with Gasteiger partial charge in [0.15, 0.2) is 0 Å². The standard InChI is InChI=1S/C21H21N5O4/c1-14-19(26(29)30)5-4-18(22-14)21(28)25-12-16-10-24(11-17(16)13-25)20(27)6-3-15-7-8-23(2)9-15/h3-9H,10-13H2,1-2H3/b6-3+. The predicted molar refractivity (Wildman–Crippen MR) is 110 cm³/mol. The fourth-order valence-electron chi connectivity index (χ4n) is 3.80. The van der Waals surface area contributed by atoms with Gasteiger partial charge in [-0.05, 0) is 41.8 Å². The van der Waals surface area contributed by atoms with E-state index in [-0.39, 0.29) is 28.9 Å². The van der Waals surface area contributed by atoms with Crippen LogP contribution in [0.15, 0.2) is 47.8 Å². The zero-order valence-electron chi connectivity index (χ0n) is 16.7. The molecule has 9 nitrogen and oxygen atoms in total. The summed E-state index contributed by atoms with van der Waals surface area (Å²) in [4.78, 5) is 43.2. The third-order valence-electron chi connectivity index (χ3n) is 5.37. The third-order valence-corrected chi connectivity index (χ3v) is 5.37. The number of pyridine rings is 1. The Morgan fingerprint density at radius 1 is 1.10 bits per heavy atom. The molecule has 0 radical (unpaired) electrons. The molecule has 0 atom stereocenters. The Kier molecular flexibility index (Phi) is 4.94. The van der Waals surface area contributed by atoms with Crippen LogP contribution in [-0.4, -0.2) is 62.3 Å². The van der Waals surface area contributed by atoms with Gasteiger partial charge in [0.1, 0.15) is 11.4 Å². The van der Waals surface area contributed by atoms with E-state index in [1.165, 1.54) is 19.1 Å². The Morgan fingerprint density at radius 2 is 1.77 bits per heavy atom. The summed E-state index contributed by atoms with van der Waals surface area (Å²) < 4.78 is 1.92. The van der Waals surface area contributed by atoms with Gasteiger partial charge in [-0.3, -0.25) is 19.7 Å². The molecule has 2 aromatic rings. The van der Waals surface area contributed by atoms with Gasteiger partial charge in [-0.15, -0.1) is 0 Å². The summed E-state index contributed by atoms with van der Waals surface area (Å²) in [6, 6.07) is 4.64. The van der Waals surface area contributed by atoms with Crippen LogP contribution < -0.4 is 0 Å². The highest BCUT2D eigenvalue weighted by Gasteiger charge is 2.34. The van der Waals surface area contributed by atoms with Gasteiger partial charge in [0.05, 0.1) is 4.92 Å². The molecule has 154 valence electrons. The minimum absolute atomic E-state index is 0.0567. The molecule has 2 aliphatic heterocycles. The van der Waals surface area contributed by atoms with Crippen LogP contribution in [0.3, 0.4) is 0 Å². The normalized spacial score (nSPS) is 15.9. The maximum Gasteiger partial charge on any atom is 0.290 e. The van der Waals surface area contributed by atoms with E-state index >= 15 is 0 Å². The van der Waals surface area contributed by atoms with Crippen LogP contribution in [0.2, 0.25) is 0 Å². The number of amides is 2. The smallest absolute Gasteiger partial charge is 0.290 e. The second kappa shape index (κ2) is 7.58. The van der Waals surface area contributed by atoms with Crippen molar-refractivity contribution in [3.8, 4) is 0 Å². The number of carbonyl (C=O) groups is 2. The summed E-state index contributed by atoms with van der Waals surface area (Å²) in [5.74, 6) is -0.317. The van der Waals surface area contributed by atoms with Crippen LogP contribution in [-0.2, 0) is 11.8 Å². The van der Waals surface area contributed by atoms with Crippen LogP contribution in [0.25, 0.3) is 6.08 Å². The average Bonchev–Trinajstić information content (AvgIpc) is 3.39. The highest BCUT2D eigenvalue weighted by molar-refractivity contribution is 5.94. The topological polar surface area (TPSA) is 102 Å². The lowest BCUT2D eigenvalue weighted by molar-refractivity contribution is -0.385. The van der Waals surface area contributed by atoms with Crippen molar-refractivity contribution >= 4 is 23.6 Å². The van der Waals surface area contributed by atoms with Crippen LogP contribution in [0.5, 0.6) is 0 Å². The lowest BCUT2D eigenvalue weighted by Gasteiger charge is -2.22. The number of hydrogen-bond donors (Lipinski definition) is 0. The molecular weight excluding hydrogens is 386 g/mol. The summed E-state index contributed by atoms with van der Waals surface area (Å²) in [5.41, 5.74) is 3.41. The number of aromatic nitrogens is 2. The van der Waals surface area contributed by atoms with E-state index < -0.39 is 4.92 Å². The molecule has 4 rings (SSSR count). The molecule has 4 heterocycles. The SMILES string of the molecule is Cc1nc(C(=O)N2CC3=C(CN(C(=O)/C=C/c4ccn(C)c4)C3)C2)ccc1[N+](=O)[O-]. The van der Waals surface area contributed by atoms with Gasteiger partial charge in [0, 0.05) is 57.8 Å². The molecule has 0 N–H and O–H groups in total. The first-order valence-electron chi connectivity index (χ1n) is 9.52. The van der Waals surface area contributed by atoms with E-state index in [0.717, 1.165) is 16.7 Å². The summed E-state index contributed by atoms with van der Waals surface area (Å²) in [5, 5.41) is 10.9. The van der Waals surface area contributed by atoms with Crippen LogP contribution >= 0.6 is 0 Å². The molecule has 0 saturated carbocycles. The zero-order chi connectivity index (χ0) is 21.4. The maximum atomic E-state index is 12.8. The Balaban J connectivity index is 1.36. The molecule has 30 heavy (non-hydrogen) atoms. The molecule has 0 saturated heterocycles. The number of carbonyl (C=O) groups excluding carboxylic acids is 2. The second-order valence-corrected chi connectivity index (χ2v) is 7.56. The Morgan fingerprint density at radius 3 is 2.33 bits per heavy atom. The van der Waals surface area contributed by atoms with Gasteiger partial charge in [-0.1, -0.05) is 0 Å². The van der Waals surface area contributed by atoms with Crippen molar-refractivity contribution < 1.29 is 14.5 Å². The van der Waals surface area contributed by atoms with Crippen molar-refractivity contribution in [1.82, 2.24) is 19.4 Å². The maximum absolute atomic E-state index is 12.8. The molecular formula is C21H21N5O4. The lowest BCUT2D eigenvalue weighted by atomic mass is 10.2. The van der Waals surface area contributed by atoms with Crippen molar-refractivity contribution in [3.63, 3.8) is 0 Å². The molecule has 2 aromatic heterocycles. The molecule has 0 aromatic carbocycles. The second-order valence-electron chi connectivity index (χ2n) is 7.56.